The first-order chi connectivity index (χ1) is 12.5. The van der Waals surface area contributed by atoms with Crippen LogP contribution in [0.1, 0.15) is 16.1 Å². The van der Waals surface area contributed by atoms with Gasteiger partial charge < -0.3 is 9.73 Å². The smallest absolute Gasteiger partial charge is 0.292 e. The molecule has 0 spiro atoms. The summed E-state index contributed by atoms with van der Waals surface area (Å²) in [7, 11) is 0. The zero-order valence-electron chi connectivity index (χ0n) is 13.7. The highest BCUT2D eigenvalue weighted by Crippen LogP contribution is 2.34. The van der Waals surface area contributed by atoms with Gasteiger partial charge in [-0.3, -0.25) is 9.20 Å². The van der Waals surface area contributed by atoms with Crippen LogP contribution in [0.5, 0.6) is 0 Å². The van der Waals surface area contributed by atoms with Crippen LogP contribution in [0, 0.1) is 6.92 Å². The van der Waals surface area contributed by atoms with Crippen LogP contribution in [-0.4, -0.2) is 15.3 Å². The van der Waals surface area contributed by atoms with Gasteiger partial charge in [-0.1, -0.05) is 35.3 Å². The lowest BCUT2D eigenvalue weighted by Gasteiger charge is -2.07. The summed E-state index contributed by atoms with van der Waals surface area (Å²) in [6.07, 6.45) is 3.29. The molecule has 1 amide bonds. The molecule has 0 unspecified atom stereocenters. The van der Waals surface area contributed by atoms with E-state index in [-0.39, 0.29) is 11.7 Å². The number of aryl methyl sites for hydroxylation is 1. The van der Waals surface area contributed by atoms with E-state index in [0.717, 1.165) is 16.8 Å². The molecule has 7 heteroatoms. The Kier molecular flexibility index (Phi) is 4.18. The highest BCUT2D eigenvalue weighted by atomic mass is 35.5. The summed E-state index contributed by atoms with van der Waals surface area (Å²) in [6, 6.07) is 12.4. The molecule has 0 radical (unpaired) electrons. The molecule has 5 nitrogen and oxygen atoms in total. The van der Waals surface area contributed by atoms with E-state index in [1.165, 1.54) is 6.26 Å². The van der Waals surface area contributed by atoms with E-state index in [1.807, 2.05) is 35.7 Å². The molecule has 0 aliphatic rings. The Labute approximate surface area is 159 Å². The highest BCUT2D eigenvalue weighted by Gasteiger charge is 2.19. The van der Waals surface area contributed by atoms with Crippen molar-refractivity contribution in [1.82, 2.24) is 9.38 Å². The monoisotopic (exact) mass is 385 g/mol. The van der Waals surface area contributed by atoms with Crippen LogP contribution in [-0.2, 0) is 0 Å². The molecule has 0 atom stereocenters. The molecule has 0 aliphatic heterocycles. The largest absolute Gasteiger partial charge is 0.459 e. The number of amides is 1. The van der Waals surface area contributed by atoms with Gasteiger partial charge in [0, 0.05) is 11.8 Å². The van der Waals surface area contributed by atoms with Crippen molar-refractivity contribution >= 4 is 40.6 Å². The SMILES string of the molecule is Cc1cccn2c(NC(=O)c3ccco3)c(-c3ccc(Cl)c(Cl)c3)nc12. The maximum atomic E-state index is 12.5. The van der Waals surface area contributed by atoms with E-state index in [0.29, 0.717) is 21.6 Å². The van der Waals surface area contributed by atoms with Crippen LogP contribution in [0.15, 0.2) is 59.3 Å². The van der Waals surface area contributed by atoms with Crippen LogP contribution in [0.3, 0.4) is 0 Å². The lowest BCUT2D eigenvalue weighted by atomic mass is 10.1. The molecule has 130 valence electrons. The van der Waals surface area contributed by atoms with Gasteiger partial charge in [-0.25, -0.2) is 4.98 Å². The summed E-state index contributed by atoms with van der Waals surface area (Å²) in [5, 5.41) is 3.76. The van der Waals surface area contributed by atoms with Crippen molar-refractivity contribution in [2.75, 3.05) is 5.32 Å². The summed E-state index contributed by atoms with van der Waals surface area (Å²) in [5.41, 5.74) is 3.06. The first-order valence-electron chi connectivity index (χ1n) is 7.82. The van der Waals surface area contributed by atoms with Gasteiger partial charge >= 0.3 is 0 Å². The molecule has 26 heavy (non-hydrogen) atoms. The molecule has 1 N–H and O–H groups in total. The van der Waals surface area contributed by atoms with Gasteiger partial charge in [0.1, 0.15) is 17.2 Å². The standard InChI is InChI=1S/C19H13Cl2N3O2/c1-11-4-2-8-24-17(11)22-16(12-6-7-13(20)14(21)10-12)18(24)23-19(25)15-5-3-9-26-15/h2-10H,1H3,(H,23,25). The molecule has 3 aromatic heterocycles. The predicted molar refractivity (Wildman–Crippen MR) is 102 cm³/mol. The average Bonchev–Trinajstić information content (AvgIpc) is 3.27. The second kappa shape index (κ2) is 6.52. The van der Waals surface area contributed by atoms with E-state index in [2.05, 4.69) is 5.32 Å². The number of hydrogen-bond donors (Lipinski definition) is 1. The summed E-state index contributed by atoms with van der Waals surface area (Å²) < 4.78 is 7.01. The molecule has 4 aromatic rings. The normalized spacial score (nSPS) is 11.0. The lowest BCUT2D eigenvalue weighted by molar-refractivity contribution is 0.0996. The van der Waals surface area contributed by atoms with Crippen molar-refractivity contribution in [2.24, 2.45) is 0 Å². The van der Waals surface area contributed by atoms with Gasteiger partial charge in [-0.05, 0) is 42.8 Å². The Morgan fingerprint density at radius 3 is 2.73 bits per heavy atom. The number of carbonyl (C=O) groups is 1. The molecule has 0 bridgehead atoms. The van der Waals surface area contributed by atoms with Gasteiger partial charge in [0.15, 0.2) is 5.76 Å². The summed E-state index contributed by atoms with van der Waals surface area (Å²) in [5.74, 6) is 0.385. The zero-order chi connectivity index (χ0) is 18.3. The molecular weight excluding hydrogens is 373 g/mol. The van der Waals surface area contributed by atoms with E-state index < -0.39 is 0 Å². The first-order valence-corrected chi connectivity index (χ1v) is 8.58. The molecule has 4 rings (SSSR count). The fraction of sp³-hybridized carbons (Fsp3) is 0.0526. The highest BCUT2D eigenvalue weighted by molar-refractivity contribution is 6.42. The Hall–Kier alpha value is -2.76. The van der Waals surface area contributed by atoms with Crippen molar-refractivity contribution in [1.29, 1.82) is 0 Å². The van der Waals surface area contributed by atoms with E-state index in [4.69, 9.17) is 32.6 Å². The maximum absolute atomic E-state index is 12.5. The second-order valence-electron chi connectivity index (χ2n) is 5.75. The quantitative estimate of drug-likeness (QED) is 0.509. The molecule has 0 fully saturated rings. The maximum Gasteiger partial charge on any atom is 0.292 e. The predicted octanol–water partition coefficient (Wildman–Crippen LogP) is 5.46. The molecule has 0 saturated carbocycles. The van der Waals surface area contributed by atoms with Crippen molar-refractivity contribution < 1.29 is 9.21 Å². The zero-order valence-corrected chi connectivity index (χ0v) is 15.2. The molecule has 3 heterocycles. The number of nitrogens with one attached hydrogen (secondary N) is 1. The van der Waals surface area contributed by atoms with Crippen LogP contribution < -0.4 is 5.32 Å². The van der Waals surface area contributed by atoms with Gasteiger partial charge in [-0.15, -0.1) is 0 Å². The third-order valence-corrected chi connectivity index (χ3v) is 4.75. The van der Waals surface area contributed by atoms with Crippen molar-refractivity contribution in [3.63, 3.8) is 0 Å². The molecule has 0 aliphatic carbocycles. The number of furan rings is 1. The average molecular weight is 386 g/mol. The molecule has 1 aromatic carbocycles. The number of pyridine rings is 1. The second-order valence-corrected chi connectivity index (χ2v) is 6.57. The minimum atomic E-state index is -0.361. The van der Waals surface area contributed by atoms with Crippen LogP contribution in [0.4, 0.5) is 5.82 Å². The van der Waals surface area contributed by atoms with E-state index >= 15 is 0 Å². The van der Waals surface area contributed by atoms with Crippen molar-refractivity contribution in [2.45, 2.75) is 6.92 Å². The van der Waals surface area contributed by atoms with Gasteiger partial charge in [0.25, 0.3) is 5.91 Å². The van der Waals surface area contributed by atoms with Gasteiger partial charge in [0.05, 0.1) is 16.3 Å². The number of imidazole rings is 1. The molecule has 0 saturated heterocycles. The fourth-order valence-electron chi connectivity index (χ4n) is 2.75. The topological polar surface area (TPSA) is 59.5 Å². The van der Waals surface area contributed by atoms with Crippen molar-refractivity contribution in [3.05, 3.63) is 76.3 Å². The van der Waals surface area contributed by atoms with Gasteiger partial charge in [-0.2, -0.15) is 0 Å². The number of halogens is 2. The first kappa shape index (κ1) is 16.7. The minimum Gasteiger partial charge on any atom is -0.459 e. The van der Waals surface area contributed by atoms with Crippen LogP contribution >= 0.6 is 23.2 Å². The third kappa shape index (κ3) is 2.85. The Morgan fingerprint density at radius 1 is 1.15 bits per heavy atom. The van der Waals surface area contributed by atoms with Crippen molar-refractivity contribution in [3.8, 4) is 11.3 Å². The molecular formula is C19H13Cl2N3O2. The summed E-state index contributed by atoms with van der Waals surface area (Å²) in [6.45, 7) is 1.96. The number of aromatic nitrogens is 2. The Bertz CT molecular complexity index is 1120. The van der Waals surface area contributed by atoms with E-state index in [1.54, 1.807) is 24.3 Å². The summed E-state index contributed by atoms with van der Waals surface area (Å²) >= 11 is 12.2. The van der Waals surface area contributed by atoms with E-state index in [9.17, 15) is 4.79 Å². The lowest BCUT2D eigenvalue weighted by Crippen LogP contribution is -2.13. The Balaban J connectivity index is 1.89. The number of rotatable bonds is 3. The summed E-state index contributed by atoms with van der Waals surface area (Å²) in [4.78, 5) is 17.2. The minimum absolute atomic E-state index is 0.215. The number of nitrogens with zero attached hydrogens (tertiary/aromatic N) is 2. The number of carbonyl (C=O) groups excluding carboxylic acids is 1. The van der Waals surface area contributed by atoms with Crippen LogP contribution in [0.25, 0.3) is 16.9 Å². The third-order valence-electron chi connectivity index (χ3n) is 4.02. The number of hydrogen-bond acceptors (Lipinski definition) is 3. The fourth-order valence-corrected chi connectivity index (χ4v) is 3.04. The number of anilines is 1. The Morgan fingerprint density at radius 2 is 2.00 bits per heavy atom. The van der Waals surface area contributed by atoms with Gasteiger partial charge in [0.2, 0.25) is 0 Å². The van der Waals surface area contributed by atoms with Crippen LogP contribution in [0.2, 0.25) is 10.0 Å². The number of benzene rings is 1. The number of fused-ring (bicyclic) bond motifs is 1.